The molecule has 0 radical (unpaired) electrons. The van der Waals surface area contributed by atoms with E-state index < -0.39 is 0 Å². The van der Waals surface area contributed by atoms with Gasteiger partial charge in [-0.15, -0.1) is 0 Å². The van der Waals surface area contributed by atoms with E-state index in [0.29, 0.717) is 5.92 Å². The third kappa shape index (κ3) is 2.56. The number of nitrogens with two attached hydrogens (primary N) is 1. The fourth-order valence-electron chi connectivity index (χ4n) is 2.56. The lowest BCUT2D eigenvalue weighted by molar-refractivity contribution is 0.508. The summed E-state index contributed by atoms with van der Waals surface area (Å²) in [7, 11) is 0. The zero-order valence-electron chi connectivity index (χ0n) is 10.2. The molecule has 2 nitrogen and oxygen atoms in total. The van der Waals surface area contributed by atoms with Crippen molar-refractivity contribution < 1.29 is 0 Å². The van der Waals surface area contributed by atoms with Crippen molar-refractivity contribution in [3.05, 3.63) is 29.8 Å². The van der Waals surface area contributed by atoms with Crippen molar-refractivity contribution in [3.63, 3.8) is 0 Å². The Bertz CT molecular complexity index is 335. The van der Waals surface area contributed by atoms with Crippen LogP contribution in [0.2, 0.25) is 0 Å². The Hall–Kier alpha value is -1.02. The molecule has 0 bridgehead atoms. The average Bonchev–Trinajstić information content (AvgIpc) is 2.55. The Labute approximate surface area is 98.4 Å². The van der Waals surface area contributed by atoms with Gasteiger partial charge in [-0.3, -0.25) is 0 Å². The summed E-state index contributed by atoms with van der Waals surface area (Å²) in [5.74, 6) is 0.669. The number of nitrogens with zero attached hydrogens (tertiary/aromatic N) is 1. The smallest absolute Gasteiger partial charge is 0.0396 e. The van der Waals surface area contributed by atoms with Gasteiger partial charge in [-0.05, 0) is 43.9 Å². The first-order valence-corrected chi connectivity index (χ1v) is 6.32. The van der Waals surface area contributed by atoms with E-state index in [4.69, 9.17) is 5.73 Å². The Kier molecular flexibility index (Phi) is 3.83. The van der Waals surface area contributed by atoms with Crippen LogP contribution in [-0.2, 0) is 0 Å². The molecule has 0 aromatic heterocycles. The van der Waals surface area contributed by atoms with Gasteiger partial charge in [0.25, 0.3) is 0 Å². The van der Waals surface area contributed by atoms with Crippen LogP contribution in [0.4, 0.5) is 5.69 Å². The Morgan fingerprint density at radius 2 is 2.12 bits per heavy atom. The van der Waals surface area contributed by atoms with Crippen LogP contribution >= 0.6 is 0 Å². The summed E-state index contributed by atoms with van der Waals surface area (Å²) in [5, 5.41) is 0. The summed E-state index contributed by atoms with van der Waals surface area (Å²) < 4.78 is 0. The molecule has 1 heterocycles. The van der Waals surface area contributed by atoms with E-state index in [-0.39, 0.29) is 0 Å². The number of rotatable bonds is 2. The van der Waals surface area contributed by atoms with Gasteiger partial charge in [0, 0.05) is 18.8 Å². The van der Waals surface area contributed by atoms with Crippen molar-refractivity contribution in [1.29, 1.82) is 0 Å². The van der Waals surface area contributed by atoms with Crippen molar-refractivity contribution in [2.24, 2.45) is 11.7 Å². The van der Waals surface area contributed by atoms with Crippen molar-refractivity contribution in [3.8, 4) is 0 Å². The van der Waals surface area contributed by atoms with Crippen LogP contribution in [0.5, 0.6) is 0 Å². The van der Waals surface area contributed by atoms with E-state index in [2.05, 4.69) is 36.1 Å². The molecule has 1 aromatic carbocycles. The summed E-state index contributed by atoms with van der Waals surface area (Å²) in [6.07, 6.45) is 3.91. The third-order valence-electron chi connectivity index (χ3n) is 3.56. The van der Waals surface area contributed by atoms with Crippen molar-refractivity contribution in [1.82, 2.24) is 0 Å². The van der Waals surface area contributed by atoms with E-state index in [1.165, 1.54) is 37.1 Å². The highest BCUT2D eigenvalue weighted by Gasteiger charge is 2.17. The number of anilines is 1. The number of para-hydroxylation sites is 1. The largest absolute Gasteiger partial charge is 0.371 e. The SMILES string of the molecule is Cc1ccccc1N1CCCCC(CN)C1. The number of aryl methyl sites for hydroxylation is 1. The van der Waals surface area contributed by atoms with Crippen molar-refractivity contribution >= 4 is 5.69 Å². The molecule has 0 spiro atoms. The van der Waals surface area contributed by atoms with Crippen molar-refractivity contribution in [2.75, 3.05) is 24.5 Å². The first-order valence-electron chi connectivity index (χ1n) is 6.32. The number of hydrogen-bond acceptors (Lipinski definition) is 2. The van der Waals surface area contributed by atoms with Crippen LogP contribution in [0.1, 0.15) is 24.8 Å². The first kappa shape index (κ1) is 11.5. The van der Waals surface area contributed by atoms with Crippen LogP contribution in [0.25, 0.3) is 0 Å². The molecule has 1 saturated heterocycles. The molecule has 2 heteroatoms. The molecule has 16 heavy (non-hydrogen) atoms. The van der Waals surface area contributed by atoms with Crippen molar-refractivity contribution in [2.45, 2.75) is 26.2 Å². The Morgan fingerprint density at radius 3 is 2.88 bits per heavy atom. The maximum atomic E-state index is 5.82. The maximum absolute atomic E-state index is 5.82. The minimum atomic E-state index is 0.669. The summed E-state index contributed by atoms with van der Waals surface area (Å²) in [5.41, 5.74) is 8.59. The minimum absolute atomic E-state index is 0.669. The highest BCUT2D eigenvalue weighted by Crippen LogP contribution is 2.24. The van der Waals surface area contributed by atoms with Gasteiger partial charge in [0.15, 0.2) is 0 Å². The lowest BCUT2D eigenvalue weighted by Crippen LogP contribution is -2.31. The zero-order valence-corrected chi connectivity index (χ0v) is 10.2. The lowest BCUT2D eigenvalue weighted by Gasteiger charge is -2.27. The second-order valence-electron chi connectivity index (χ2n) is 4.83. The van der Waals surface area contributed by atoms with Gasteiger partial charge in [0.05, 0.1) is 0 Å². The van der Waals surface area contributed by atoms with Gasteiger partial charge in [-0.25, -0.2) is 0 Å². The predicted octanol–water partition coefficient (Wildman–Crippen LogP) is 2.56. The second-order valence-corrected chi connectivity index (χ2v) is 4.83. The number of hydrogen-bond donors (Lipinski definition) is 1. The fraction of sp³-hybridized carbons (Fsp3) is 0.571. The summed E-state index contributed by atoms with van der Waals surface area (Å²) in [6, 6.07) is 8.66. The standard InChI is InChI=1S/C14H22N2/c1-12-6-2-3-8-14(12)16-9-5-4-7-13(10-15)11-16/h2-3,6,8,13H,4-5,7,9-11,15H2,1H3. The maximum Gasteiger partial charge on any atom is 0.0396 e. The topological polar surface area (TPSA) is 29.3 Å². The molecule has 1 atom stereocenters. The van der Waals surface area contributed by atoms with E-state index in [9.17, 15) is 0 Å². The third-order valence-corrected chi connectivity index (χ3v) is 3.56. The number of benzene rings is 1. The average molecular weight is 218 g/mol. The van der Waals surface area contributed by atoms with Crippen LogP contribution in [0.15, 0.2) is 24.3 Å². The van der Waals surface area contributed by atoms with Gasteiger partial charge >= 0.3 is 0 Å². The zero-order chi connectivity index (χ0) is 11.4. The fourth-order valence-corrected chi connectivity index (χ4v) is 2.56. The molecule has 0 aliphatic carbocycles. The van der Waals surface area contributed by atoms with Crippen LogP contribution in [-0.4, -0.2) is 19.6 Å². The lowest BCUT2D eigenvalue weighted by atomic mass is 10.0. The first-order chi connectivity index (χ1) is 7.81. The van der Waals surface area contributed by atoms with E-state index in [1.54, 1.807) is 0 Å². The Morgan fingerprint density at radius 1 is 1.31 bits per heavy atom. The quantitative estimate of drug-likeness (QED) is 0.826. The summed E-state index contributed by atoms with van der Waals surface area (Å²) in [4.78, 5) is 2.51. The van der Waals surface area contributed by atoms with Gasteiger partial charge in [-0.2, -0.15) is 0 Å². The van der Waals surface area contributed by atoms with E-state index >= 15 is 0 Å². The molecular weight excluding hydrogens is 196 g/mol. The minimum Gasteiger partial charge on any atom is -0.371 e. The van der Waals surface area contributed by atoms with E-state index in [1.807, 2.05) is 0 Å². The molecule has 0 amide bonds. The van der Waals surface area contributed by atoms with Gasteiger partial charge in [0.1, 0.15) is 0 Å². The normalized spacial score (nSPS) is 21.9. The van der Waals surface area contributed by atoms with Crippen LogP contribution < -0.4 is 10.6 Å². The summed E-state index contributed by atoms with van der Waals surface area (Å²) in [6.45, 7) is 5.32. The van der Waals surface area contributed by atoms with Gasteiger partial charge in [0.2, 0.25) is 0 Å². The molecule has 1 fully saturated rings. The summed E-state index contributed by atoms with van der Waals surface area (Å²) >= 11 is 0. The van der Waals surface area contributed by atoms with Crippen LogP contribution in [0, 0.1) is 12.8 Å². The highest BCUT2D eigenvalue weighted by atomic mass is 15.1. The highest BCUT2D eigenvalue weighted by molar-refractivity contribution is 5.53. The molecule has 1 aliphatic rings. The molecule has 1 unspecified atom stereocenters. The van der Waals surface area contributed by atoms with Gasteiger partial charge in [-0.1, -0.05) is 24.6 Å². The molecule has 88 valence electrons. The monoisotopic (exact) mass is 218 g/mol. The predicted molar refractivity (Wildman–Crippen MR) is 69.8 cm³/mol. The molecular formula is C14H22N2. The molecule has 0 saturated carbocycles. The van der Waals surface area contributed by atoms with Gasteiger partial charge < -0.3 is 10.6 Å². The van der Waals surface area contributed by atoms with E-state index in [0.717, 1.165) is 13.1 Å². The molecule has 2 rings (SSSR count). The molecule has 1 aromatic rings. The Balaban J connectivity index is 2.16. The molecule has 2 N–H and O–H groups in total. The van der Waals surface area contributed by atoms with Crippen LogP contribution in [0.3, 0.4) is 0 Å². The second kappa shape index (κ2) is 5.35. The molecule has 1 aliphatic heterocycles.